The Morgan fingerprint density at radius 2 is 1.15 bits per heavy atom. The number of aliphatic hydroxyl groups is 1. The molecule has 0 spiro atoms. The van der Waals surface area contributed by atoms with Crippen LogP contribution in [0.1, 0.15) is 201 Å². The fourth-order valence-electron chi connectivity index (χ4n) is 6.16. The van der Waals surface area contributed by atoms with Gasteiger partial charge in [0.1, 0.15) is 6.61 Å². The number of allylic oxidation sites excluding steroid dienone is 5. The maximum Gasteiger partial charge on any atom is 0.469 e. The van der Waals surface area contributed by atoms with Crippen LogP contribution in [-0.2, 0) is 28.2 Å². The molecule has 2 atom stereocenters. The number of aliphatic hydroxyl groups excluding tert-OH is 1. The monoisotopic (exact) mass is 785 g/mol. The van der Waals surface area contributed by atoms with Crippen molar-refractivity contribution in [2.24, 2.45) is 5.92 Å². The van der Waals surface area contributed by atoms with Crippen LogP contribution in [0.5, 0.6) is 0 Å². The van der Waals surface area contributed by atoms with Crippen LogP contribution in [0, 0.1) is 5.92 Å². The number of carbonyl (C=O) groups excluding carboxylic acids is 2. The van der Waals surface area contributed by atoms with Crippen LogP contribution in [0.15, 0.2) is 36.5 Å². The highest BCUT2D eigenvalue weighted by Gasteiger charge is 2.23. The molecule has 0 aromatic rings. The summed E-state index contributed by atoms with van der Waals surface area (Å²) in [6, 6.07) is 0. The van der Waals surface area contributed by atoms with E-state index < -0.39 is 38.6 Å². The molecule has 0 aliphatic rings. The maximum atomic E-state index is 12.4. The molecule has 1 unspecified atom stereocenters. The highest BCUT2D eigenvalue weighted by Crippen LogP contribution is 2.36. The minimum atomic E-state index is -4.80. The van der Waals surface area contributed by atoms with E-state index >= 15 is 0 Å². The first-order chi connectivity index (χ1) is 26.0. The summed E-state index contributed by atoms with van der Waals surface area (Å²) in [5.41, 5.74) is 0. The molecule has 0 aromatic heterocycles. The average molecular weight is 785 g/mol. The Balaban J connectivity index is 4.05. The molecule has 0 radical (unpaired) electrons. The van der Waals surface area contributed by atoms with Crippen LogP contribution in [0.25, 0.3) is 0 Å². The number of rotatable bonds is 39. The van der Waals surface area contributed by atoms with Crippen LogP contribution in [0.3, 0.4) is 0 Å². The van der Waals surface area contributed by atoms with Gasteiger partial charge < -0.3 is 24.4 Å². The van der Waals surface area contributed by atoms with E-state index in [1.807, 2.05) is 12.2 Å². The molecule has 0 aliphatic heterocycles. The van der Waals surface area contributed by atoms with Gasteiger partial charge in [-0.05, 0) is 44.4 Å². The van der Waals surface area contributed by atoms with E-state index in [-0.39, 0.29) is 19.4 Å². The molecule has 0 bridgehead atoms. The van der Waals surface area contributed by atoms with Gasteiger partial charge >= 0.3 is 19.8 Å². The number of phosphoric ester groups is 1. The van der Waals surface area contributed by atoms with Crippen molar-refractivity contribution in [3.63, 3.8) is 0 Å². The smallest absolute Gasteiger partial charge is 0.462 e. The van der Waals surface area contributed by atoms with Crippen molar-refractivity contribution in [3.05, 3.63) is 36.5 Å². The van der Waals surface area contributed by atoms with Crippen LogP contribution < -0.4 is 0 Å². The zero-order valence-electron chi connectivity index (χ0n) is 34.6. The van der Waals surface area contributed by atoms with Gasteiger partial charge in [-0.1, -0.05) is 186 Å². The number of esters is 2. The lowest BCUT2D eigenvalue weighted by Crippen LogP contribution is -2.29. The van der Waals surface area contributed by atoms with Gasteiger partial charge in [-0.15, -0.1) is 0 Å². The van der Waals surface area contributed by atoms with Gasteiger partial charge in [0.15, 0.2) is 6.10 Å². The topological polar surface area (TPSA) is 140 Å². The number of carbonyl (C=O) groups is 2. The van der Waals surface area contributed by atoms with Crippen molar-refractivity contribution in [2.45, 2.75) is 213 Å². The summed E-state index contributed by atoms with van der Waals surface area (Å²) in [4.78, 5) is 42.9. The third-order valence-electron chi connectivity index (χ3n) is 9.44. The quantitative estimate of drug-likeness (QED) is 0.0183. The SMILES string of the molecule is CCCCCCCC/C=C/C/C=C/C=C/C(O)CCCC(=O)OC[C@H](COP(=O)(O)O)OC(=O)CCCCCCCCCCCCCCCCCC(C)C. The van der Waals surface area contributed by atoms with Crippen LogP contribution in [0.4, 0.5) is 0 Å². The molecule has 3 N–H and O–H groups in total. The lowest BCUT2D eigenvalue weighted by Gasteiger charge is -2.18. The standard InChI is InChI=1S/C44H81O9P/c1-4-5-6-7-8-9-10-14-18-21-24-27-30-34-41(45)35-32-37-43(46)51-38-42(39-52-54(48,49)50)53-44(47)36-31-28-25-22-19-16-13-11-12-15-17-20-23-26-29-33-40(2)3/h14,18,24,27,30,34,40-42,45H,4-13,15-17,19-23,25-26,28-29,31-33,35-39H2,1-3H3,(H2,48,49,50)/b18-14+,27-24+,34-30+/t41?,42-/m1/s1. The lowest BCUT2D eigenvalue weighted by atomic mass is 10.0. The zero-order chi connectivity index (χ0) is 40.0. The van der Waals surface area contributed by atoms with Gasteiger partial charge in [-0.25, -0.2) is 4.57 Å². The molecule has 0 aliphatic carbocycles. The molecule has 0 amide bonds. The number of unbranched alkanes of at least 4 members (excludes halogenated alkanes) is 20. The molecule has 0 aromatic carbocycles. The third-order valence-corrected chi connectivity index (χ3v) is 9.93. The third kappa shape index (κ3) is 41.4. The Morgan fingerprint density at radius 1 is 0.611 bits per heavy atom. The molecule has 0 saturated heterocycles. The van der Waals surface area contributed by atoms with Crippen molar-refractivity contribution in [1.82, 2.24) is 0 Å². The van der Waals surface area contributed by atoms with E-state index in [4.69, 9.17) is 19.3 Å². The Kier molecular flexibility index (Phi) is 36.9. The first kappa shape index (κ1) is 52.2. The summed E-state index contributed by atoms with van der Waals surface area (Å²) in [7, 11) is -4.80. The average Bonchev–Trinajstić information content (AvgIpc) is 3.12. The Hall–Kier alpha value is -1.77. The summed E-state index contributed by atoms with van der Waals surface area (Å²) in [5, 5.41) is 10.2. The number of hydrogen-bond donors (Lipinski definition) is 3. The second-order valence-electron chi connectivity index (χ2n) is 15.4. The van der Waals surface area contributed by atoms with Gasteiger partial charge in [-0.2, -0.15) is 0 Å². The summed E-state index contributed by atoms with van der Waals surface area (Å²) in [5.74, 6) is -0.248. The van der Waals surface area contributed by atoms with Gasteiger partial charge in [0.05, 0.1) is 12.7 Å². The molecule has 0 saturated carbocycles. The molecule has 316 valence electrons. The highest BCUT2D eigenvalue weighted by molar-refractivity contribution is 7.46. The van der Waals surface area contributed by atoms with E-state index in [1.165, 1.54) is 116 Å². The number of ether oxygens (including phenoxy) is 2. The fourth-order valence-corrected chi connectivity index (χ4v) is 6.52. The number of phosphoric acid groups is 1. The van der Waals surface area contributed by atoms with E-state index in [1.54, 1.807) is 12.2 Å². The van der Waals surface area contributed by atoms with Crippen LogP contribution >= 0.6 is 7.82 Å². The van der Waals surface area contributed by atoms with E-state index in [0.717, 1.165) is 38.0 Å². The molecule has 0 rings (SSSR count). The number of hydrogen-bond acceptors (Lipinski definition) is 7. The summed E-state index contributed by atoms with van der Waals surface area (Å²) in [6.45, 7) is 5.87. The van der Waals surface area contributed by atoms with Gasteiger partial charge in [-0.3, -0.25) is 14.1 Å². The second kappa shape index (κ2) is 38.1. The van der Waals surface area contributed by atoms with Crippen molar-refractivity contribution in [1.29, 1.82) is 0 Å². The summed E-state index contributed by atoms with van der Waals surface area (Å²) < 4.78 is 26.3. The first-order valence-corrected chi connectivity index (χ1v) is 23.3. The lowest BCUT2D eigenvalue weighted by molar-refractivity contribution is -0.161. The fraction of sp³-hybridized carbons (Fsp3) is 0.818. The first-order valence-electron chi connectivity index (χ1n) is 21.7. The minimum Gasteiger partial charge on any atom is -0.462 e. The normalized spacial score (nSPS) is 13.5. The predicted octanol–water partition coefficient (Wildman–Crippen LogP) is 12.2. The Morgan fingerprint density at radius 3 is 1.72 bits per heavy atom. The molecule has 10 heteroatoms. The van der Waals surface area contributed by atoms with Gasteiger partial charge in [0, 0.05) is 12.8 Å². The summed E-state index contributed by atoms with van der Waals surface area (Å²) >= 11 is 0. The predicted molar refractivity (Wildman–Crippen MR) is 222 cm³/mol. The van der Waals surface area contributed by atoms with Crippen molar-refractivity contribution < 1.29 is 43.0 Å². The molecule has 0 fully saturated rings. The Bertz CT molecular complexity index is 1000. The van der Waals surface area contributed by atoms with Crippen LogP contribution in [0.2, 0.25) is 0 Å². The second-order valence-corrected chi connectivity index (χ2v) is 16.6. The van der Waals surface area contributed by atoms with E-state index in [0.29, 0.717) is 19.3 Å². The van der Waals surface area contributed by atoms with E-state index in [9.17, 15) is 19.3 Å². The van der Waals surface area contributed by atoms with Crippen molar-refractivity contribution in [2.75, 3.05) is 13.2 Å². The molecular weight excluding hydrogens is 703 g/mol. The molecule has 0 heterocycles. The van der Waals surface area contributed by atoms with Crippen LogP contribution in [-0.4, -0.2) is 52.3 Å². The highest BCUT2D eigenvalue weighted by atomic mass is 31.2. The zero-order valence-corrected chi connectivity index (χ0v) is 35.5. The minimum absolute atomic E-state index is 0.0446. The molecular formula is C44H81O9P. The summed E-state index contributed by atoms with van der Waals surface area (Å²) in [6.07, 6.45) is 40.4. The van der Waals surface area contributed by atoms with Gasteiger partial charge in [0.25, 0.3) is 0 Å². The van der Waals surface area contributed by atoms with Crippen molar-refractivity contribution >= 4 is 19.8 Å². The van der Waals surface area contributed by atoms with Gasteiger partial charge in [0.2, 0.25) is 0 Å². The van der Waals surface area contributed by atoms with Crippen molar-refractivity contribution in [3.8, 4) is 0 Å². The Labute approximate surface area is 330 Å². The molecule has 54 heavy (non-hydrogen) atoms. The van der Waals surface area contributed by atoms with E-state index in [2.05, 4.69) is 37.4 Å². The largest absolute Gasteiger partial charge is 0.469 e. The maximum absolute atomic E-state index is 12.4. The molecule has 9 nitrogen and oxygen atoms in total.